The van der Waals surface area contributed by atoms with E-state index >= 15 is 0 Å². The summed E-state index contributed by atoms with van der Waals surface area (Å²) in [7, 11) is 0. The average molecular weight is 379 g/mol. The molecule has 3 atom stereocenters. The molecule has 2 fully saturated rings. The number of benzene rings is 2. The van der Waals surface area contributed by atoms with Gasteiger partial charge in [0.05, 0.1) is 11.8 Å². The molecule has 2 aromatic rings. The average Bonchev–Trinajstić information content (AvgIpc) is 3.14. The maximum absolute atomic E-state index is 13.7. The number of urea groups is 1. The lowest BCUT2D eigenvalue weighted by atomic mass is 9.90. The number of para-hydroxylation sites is 2. The van der Waals surface area contributed by atoms with Gasteiger partial charge in [-0.3, -0.25) is 15.1 Å². The van der Waals surface area contributed by atoms with E-state index in [1.54, 1.807) is 11.8 Å². The summed E-state index contributed by atoms with van der Waals surface area (Å²) < 4.78 is 12.1. The van der Waals surface area contributed by atoms with Gasteiger partial charge >= 0.3 is 12.1 Å². The van der Waals surface area contributed by atoms with Crippen molar-refractivity contribution in [3.63, 3.8) is 0 Å². The number of rotatable bonds is 3. The molecule has 144 valence electrons. The van der Waals surface area contributed by atoms with Crippen LogP contribution in [0.2, 0.25) is 0 Å². The molecule has 1 spiro atoms. The van der Waals surface area contributed by atoms with Gasteiger partial charge in [0.1, 0.15) is 6.10 Å². The number of anilines is 2. The number of hydrogen-bond donors (Lipinski definition) is 1. The highest BCUT2D eigenvalue weighted by Gasteiger charge is 2.79. The number of nitrogens with one attached hydrogen (secondary N) is 1. The summed E-state index contributed by atoms with van der Waals surface area (Å²) in [5, 5.41) is 2.94. The Labute approximate surface area is 162 Å². The molecular formula is C21H21N3O4. The lowest BCUT2D eigenvalue weighted by Crippen LogP contribution is -2.65. The van der Waals surface area contributed by atoms with E-state index in [0.29, 0.717) is 11.4 Å². The zero-order valence-electron chi connectivity index (χ0n) is 15.9. The summed E-state index contributed by atoms with van der Waals surface area (Å²) >= 11 is 0. The molecule has 7 nitrogen and oxygen atoms in total. The van der Waals surface area contributed by atoms with Crippen molar-refractivity contribution >= 4 is 23.5 Å². The second-order valence-electron chi connectivity index (χ2n) is 7.68. The normalized spacial score (nSPS) is 30.2. The van der Waals surface area contributed by atoms with Crippen LogP contribution in [-0.2, 0) is 9.47 Å². The highest BCUT2D eigenvalue weighted by atomic mass is 16.6. The lowest BCUT2D eigenvalue weighted by Gasteiger charge is -2.40. The van der Waals surface area contributed by atoms with Crippen molar-refractivity contribution in [3.05, 3.63) is 60.2 Å². The molecule has 0 saturated carbocycles. The van der Waals surface area contributed by atoms with Gasteiger partial charge in [-0.1, -0.05) is 36.4 Å². The molecule has 3 aliphatic heterocycles. The van der Waals surface area contributed by atoms with Gasteiger partial charge in [0, 0.05) is 18.2 Å². The third kappa shape index (κ3) is 1.87. The number of hydrogen-bond acceptors (Lipinski definition) is 4. The van der Waals surface area contributed by atoms with Gasteiger partial charge in [0.2, 0.25) is 11.4 Å². The van der Waals surface area contributed by atoms with Crippen LogP contribution in [0.15, 0.2) is 54.6 Å². The van der Waals surface area contributed by atoms with Crippen molar-refractivity contribution in [1.82, 2.24) is 5.32 Å². The van der Waals surface area contributed by atoms with Gasteiger partial charge in [0.25, 0.3) is 0 Å². The van der Waals surface area contributed by atoms with Crippen molar-refractivity contribution in [2.45, 2.75) is 44.4 Å². The van der Waals surface area contributed by atoms with E-state index in [4.69, 9.17) is 9.47 Å². The number of fused-ring (bicyclic) bond motifs is 2. The summed E-state index contributed by atoms with van der Waals surface area (Å²) in [5.74, 6) is 0. The van der Waals surface area contributed by atoms with Gasteiger partial charge in [-0.15, -0.1) is 0 Å². The summed E-state index contributed by atoms with van der Waals surface area (Å²) in [6, 6.07) is 16.5. The number of nitrogens with zero attached hydrogens (tertiary/aromatic N) is 2. The second-order valence-corrected chi connectivity index (χ2v) is 7.68. The Hall–Kier alpha value is -3.06. The maximum Gasteiger partial charge on any atom is 0.411 e. The molecule has 0 aromatic heterocycles. The highest BCUT2D eigenvalue weighted by molar-refractivity contribution is 6.12. The van der Waals surface area contributed by atoms with Crippen LogP contribution in [0, 0.1) is 0 Å². The molecule has 0 unspecified atom stereocenters. The fourth-order valence-electron chi connectivity index (χ4n) is 4.70. The van der Waals surface area contributed by atoms with Crippen molar-refractivity contribution < 1.29 is 19.1 Å². The lowest BCUT2D eigenvalue weighted by molar-refractivity contribution is -0.0778. The zero-order chi connectivity index (χ0) is 19.7. The summed E-state index contributed by atoms with van der Waals surface area (Å²) in [6.45, 7) is 5.63. The smallest absolute Gasteiger partial charge is 0.411 e. The van der Waals surface area contributed by atoms with Gasteiger partial charge in [-0.05, 0) is 32.0 Å². The van der Waals surface area contributed by atoms with E-state index in [9.17, 15) is 9.59 Å². The predicted octanol–water partition coefficient (Wildman–Crippen LogP) is 3.77. The van der Waals surface area contributed by atoms with Crippen LogP contribution < -0.4 is 15.1 Å². The molecule has 2 saturated heterocycles. The zero-order valence-corrected chi connectivity index (χ0v) is 15.9. The third-order valence-corrected chi connectivity index (χ3v) is 5.72. The number of carbonyl (C=O) groups excluding carboxylic acids is 2. The van der Waals surface area contributed by atoms with Crippen LogP contribution in [0.4, 0.5) is 21.0 Å². The minimum Gasteiger partial charge on any atom is -0.418 e. The van der Waals surface area contributed by atoms with E-state index in [2.05, 4.69) is 5.32 Å². The Morgan fingerprint density at radius 2 is 1.71 bits per heavy atom. The van der Waals surface area contributed by atoms with E-state index in [1.807, 2.05) is 68.4 Å². The monoisotopic (exact) mass is 379 g/mol. The fourth-order valence-corrected chi connectivity index (χ4v) is 4.70. The molecule has 0 radical (unpaired) electrons. The molecule has 0 bridgehead atoms. The molecule has 3 aliphatic rings. The Bertz CT molecular complexity index is 979. The van der Waals surface area contributed by atoms with E-state index in [0.717, 1.165) is 5.56 Å². The minimum absolute atomic E-state index is 0.116. The van der Waals surface area contributed by atoms with Crippen LogP contribution in [0.25, 0.3) is 0 Å². The topological polar surface area (TPSA) is 71.1 Å². The molecule has 0 aliphatic carbocycles. The quantitative estimate of drug-likeness (QED) is 0.881. The first-order chi connectivity index (χ1) is 13.4. The van der Waals surface area contributed by atoms with Crippen LogP contribution in [0.3, 0.4) is 0 Å². The summed E-state index contributed by atoms with van der Waals surface area (Å²) in [4.78, 5) is 29.3. The number of amides is 3. The Morgan fingerprint density at radius 3 is 2.43 bits per heavy atom. The second kappa shape index (κ2) is 5.48. The molecule has 5 rings (SSSR count). The standard InChI is InChI=1S/C21H21N3O4/c1-13(2)27-17-15-11-7-8-12-16(15)24-19(26)23(14-9-5-4-6-10-14)20(3)21(17,24)22-18(25)28-20/h4-13,17H,1-3H3,(H,22,25)/t17-,20-,21-/m1/s1. The minimum atomic E-state index is -1.29. The summed E-state index contributed by atoms with van der Waals surface area (Å²) in [6.07, 6.45) is -1.26. The van der Waals surface area contributed by atoms with Gasteiger partial charge in [-0.2, -0.15) is 0 Å². The Morgan fingerprint density at radius 1 is 1.04 bits per heavy atom. The van der Waals surface area contributed by atoms with Crippen molar-refractivity contribution in [2.24, 2.45) is 0 Å². The molecule has 3 heterocycles. The van der Waals surface area contributed by atoms with E-state index < -0.39 is 23.6 Å². The molecule has 7 heteroatoms. The number of ether oxygens (including phenoxy) is 2. The molecule has 28 heavy (non-hydrogen) atoms. The van der Waals surface area contributed by atoms with E-state index in [1.165, 1.54) is 4.90 Å². The van der Waals surface area contributed by atoms with Gasteiger partial charge in [-0.25, -0.2) is 9.59 Å². The van der Waals surface area contributed by atoms with Crippen LogP contribution in [-0.4, -0.2) is 29.6 Å². The van der Waals surface area contributed by atoms with Crippen LogP contribution in [0.5, 0.6) is 0 Å². The fraction of sp³-hybridized carbons (Fsp3) is 0.333. The highest BCUT2D eigenvalue weighted by Crippen LogP contribution is 2.60. The van der Waals surface area contributed by atoms with Crippen molar-refractivity contribution in [3.8, 4) is 0 Å². The third-order valence-electron chi connectivity index (χ3n) is 5.72. The van der Waals surface area contributed by atoms with Crippen molar-refractivity contribution in [1.29, 1.82) is 0 Å². The number of carbonyl (C=O) groups is 2. The summed E-state index contributed by atoms with van der Waals surface area (Å²) in [5.41, 5.74) is -0.268. The maximum atomic E-state index is 13.7. The van der Waals surface area contributed by atoms with Gasteiger partial charge in [0.15, 0.2) is 0 Å². The first-order valence-electron chi connectivity index (χ1n) is 9.35. The largest absolute Gasteiger partial charge is 0.418 e. The predicted molar refractivity (Wildman–Crippen MR) is 103 cm³/mol. The molecule has 2 aromatic carbocycles. The van der Waals surface area contributed by atoms with E-state index in [-0.39, 0.29) is 12.1 Å². The first-order valence-corrected chi connectivity index (χ1v) is 9.35. The Kier molecular flexibility index (Phi) is 3.34. The molecule has 3 amide bonds. The molecular weight excluding hydrogens is 358 g/mol. The first kappa shape index (κ1) is 17.1. The SMILES string of the molecule is CC(C)O[C@@H]1c2ccccc2N2C(=O)N(c3ccccc3)[C@]3(C)OC(=O)N[C@]123. The van der Waals surface area contributed by atoms with Gasteiger partial charge < -0.3 is 9.47 Å². The number of alkyl carbamates (subject to hydrolysis) is 1. The Balaban J connectivity index is 1.78. The van der Waals surface area contributed by atoms with Crippen LogP contribution >= 0.6 is 0 Å². The van der Waals surface area contributed by atoms with Crippen LogP contribution in [0.1, 0.15) is 32.4 Å². The molecule has 1 N–H and O–H groups in total. The van der Waals surface area contributed by atoms with Crippen molar-refractivity contribution in [2.75, 3.05) is 9.80 Å².